The summed E-state index contributed by atoms with van der Waals surface area (Å²) in [5, 5.41) is 3.30. The molecule has 2 aromatic heterocycles. The zero-order valence-electron chi connectivity index (χ0n) is 12.5. The molecule has 2 aromatic rings. The van der Waals surface area contributed by atoms with E-state index in [1.54, 1.807) is 7.05 Å². The molecule has 21 heavy (non-hydrogen) atoms. The van der Waals surface area contributed by atoms with E-state index < -0.39 is 5.69 Å². The second kappa shape index (κ2) is 5.03. The quantitative estimate of drug-likeness (QED) is 0.773. The molecule has 3 heterocycles. The summed E-state index contributed by atoms with van der Waals surface area (Å²) in [6, 6.07) is 0.0819. The van der Waals surface area contributed by atoms with Crippen LogP contribution in [0.4, 0.5) is 5.95 Å². The van der Waals surface area contributed by atoms with Crippen molar-refractivity contribution < 1.29 is 0 Å². The minimum Gasteiger partial charge on any atom is -0.340 e. The van der Waals surface area contributed by atoms with Gasteiger partial charge in [0.2, 0.25) is 5.95 Å². The molecule has 0 aliphatic carbocycles. The highest BCUT2D eigenvalue weighted by Gasteiger charge is 2.23. The molecule has 2 N–H and O–H groups in total. The van der Waals surface area contributed by atoms with Gasteiger partial charge in [0.1, 0.15) is 0 Å². The number of anilines is 1. The van der Waals surface area contributed by atoms with Crippen molar-refractivity contribution in [2.75, 3.05) is 31.1 Å². The Labute approximate surface area is 121 Å². The number of aromatic amines is 1. The third kappa shape index (κ3) is 2.15. The van der Waals surface area contributed by atoms with Crippen molar-refractivity contribution in [3.05, 3.63) is 20.8 Å². The van der Waals surface area contributed by atoms with Gasteiger partial charge >= 0.3 is 5.69 Å². The van der Waals surface area contributed by atoms with Crippen molar-refractivity contribution in [2.24, 2.45) is 7.05 Å². The summed E-state index contributed by atoms with van der Waals surface area (Å²) in [5.74, 6) is 0.758. The fourth-order valence-electron chi connectivity index (χ4n) is 2.77. The van der Waals surface area contributed by atoms with Crippen LogP contribution >= 0.6 is 0 Å². The normalized spacial score (nSPS) is 16.1. The predicted molar refractivity (Wildman–Crippen MR) is 81.1 cm³/mol. The lowest BCUT2D eigenvalue weighted by Gasteiger charge is -2.29. The maximum atomic E-state index is 12.2. The van der Waals surface area contributed by atoms with Gasteiger partial charge in [-0.15, -0.1) is 0 Å². The van der Waals surface area contributed by atoms with Gasteiger partial charge in [-0.3, -0.25) is 14.3 Å². The molecule has 114 valence electrons. The van der Waals surface area contributed by atoms with E-state index in [0.29, 0.717) is 11.2 Å². The van der Waals surface area contributed by atoms with E-state index in [9.17, 15) is 9.59 Å². The van der Waals surface area contributed by atoms with E-state index in [2.05, 4.69) is 20.2 Å². The summed E-state index contributed by atoms with van der Waals surface area (Å²) in [4.78, 5) is 33.1. The van der Waals surface area contributed by atoms with Crippen LogP contribution in [0, 0.1) is 0 Å². The lowest BCUT2D eigenvalue weighted by Crippen LogP contribution is -2.44. The van der Waals surface area contributed by atoms with Crippen LogP contribution in [0.15, 0.2) is 9.59 Å². The molecular weight excluding hydrogens is 272 g/mol. The van der Waals surface area contributed by atoms with Gasteiger partial charge in [-0.25, -0.2) is 4.79 Å². The van der Waals surface area contributed by atoms with E-state index in [-0.39, 0.29) is 11.6 Å². The number of imidazole rings is 1. The van der Waals surface area contributed by atoms with Gasteiger partial charge < -0.3 is 14.8 Å². The molecule has 8 heteroatoms. The Hall–Kier alpha value is -2.09. The van der Waals surface area contributed by atoms with Crippen LogP contribution in [-0.4, -0.2) is 45.3 Å². The van der Waals surface area contributed by atoms with Crippen LogP contribution in [0.25, 0.3) is 11.2 Å². The number of aromatic nitrogens is 4. The summed E-state index contributed by atoms with van der Waals surface area (Å²) in [5.41, 5.74) is 0.0788. The van der Waals surface area contributed by atoms with Crippen LogP contribution in [0.2, 0.25) is 0 Å². The average molecular weight is 292 g/mol. The van der Waals surface area contributed by atoms with Crippen molar-refractivity contribution in [2.45, 2.75) is 19.9 Å². The number of hydrogen-bond donors (Lipinski definition) is 2. The van der Waals surface area contributed by atoms with Crippen LogP contribution in [-0.2, 0) is 7.05 Å². The van der Waals surface area contributed by atoms with Crippen molar-refractivity contribution in [3.63, 3.8) is 0 Å². The first-order valence-electron chi connectivity index (χ1n) is 7.17. The Morgan fingerprint density at radius 3 is 2.48 bits per heavy atom. The van der Waals surface area contributed by atoms with Crippen LogP contribution in [0.3, 0.4) is 0 Å². The first-order chi connectivity index (χ1) is 10.0. The van der Waals surface area contributed by atoms with Crippen molar-refractivity contribution in [1.29, 1.82) is 0 Å². The minimum atomic E-state index is -0.437. The van der Waals surface area contributed by atoms with E-state index in [1.807, 2.05) is 18.4 Å². The Morgan fingerprint density at radius 1 is 1.19 bits per heavy atom. The first kappa shape index (κ1) is 13.9. The van der Waals surface area contributed by atoms with Crippen LogP contribution in [0.5, 0.6) is 0 Å². The molecule has 0 spiro atoms. The summed E-state index contributed by atoms with van der Waals surface area (Å²) >= 11 is 0. The van der Waals surface area contributed by atoms with Gasteiger partial charge in [0.15, 0.2) is 11.2 Å². The van der Waals surface area contributed by atoms with Gasteiger partial charge in [0.25, 0.3) is 5.56 Å². The Bertz CT molecular complexity index is 778. The molecule has 0 bridgehead atoms. The number of hydrogen-bond acceptors (Lipinski definition) is 5. The van der Waals surface area contributed by atoms with Gasteiger partial charge in [-0.1, -0.05) is 0 Å². The topological polar surface area (TPSA) is 88.0 Å². The zero-order valence-corrected chi connectivity index (χ0v) is 12.5. The maximum Gasteiger partial charge on any atom is 0.329 e. The number of rotatable bonds is 2. The number of H-pyrrole nitrogens is 1. The van der Waals surface area contributed by atoms with Gasteiger partial charge in [0, 0.05) is 39.3 Å². The monoisotopic (exact) mass is 292 g/mol. The fraction of sp³-hybridized carbons (Fsp3) is 0.615. The molecule has 0 unspecified atom stereocenters. The molecule has 8 nitrogen and oxygen atoms in total. The van der Waals surface area contributed by atoms with E-state index in [4.69, 9.17) is 0 Å². The predicted octanol–water partition coefficient (Wildman–Crippen LogP) is -0.586. The Kier molecular flexibility index (Phi) is 3.32. The third-order valence-electron chi connectivity index (χ3n) is 3.85. The molecular formula is C13H20N6O2. The lowest BCUT2D eigenvalue weighted by molar-refractivity contribution is 0.547. The highest BCUT2D eigenvalue weighted by molar-refractivity contribution is 5.74. The second-order valence-corrected chi connectivity index (χ2v) is 5.60. The van der Waals surface area contributed by atoms with E-state index in [1.165, 1.54) is 4.57 Å². The molecule has 0 radical (unpaired) electrons. The van der Waals surface area contributed by atoms with Crippen LogP contribution in [0.1, 0.15) is 19.9 Å². The van der Waals surface area contributed by atoms with Crippen molar-refractivity contribution >= 4 is 17.1 Å². The summed E-state index contributed by atoms with van der Waals surface area (Å²) < 4.78 is 3.31. The van der Waals surface area contributed by atoms with Gasteiger partial charge in [-0.05, 0) is 13.8 Å². The first-order valence-corrected chi connectivity index (χ1v) is 7.17. The molecule has 0 atom stereocenters. The summed E-state index contributed by atoms with van der Waals surface area (Å²) in [6.07, 6.45) is 0. The molecule has 3 rings (SSSR count). The summed E-state index contributed by atoms with van der Waals surface area (Å²) in [7, 11) is 1.62. The molecule has 0 amide bonds. The fourth-order valence-corrected chi connectivity index (χ4v) is 2.77. The molecule has 1 aliphatic rings. The second-order valence-electron chi connectivity index (χ2n) is 5.60. The number of piperazine rings is 1. The third-order valence-corrected chi connectivity index (χ3v) is 3.85. The van der Waals surface area contributed by atoms with E-state index in [0.717, 1.165) is 32.1 Å². The van der Waals surface area contributed by atoms with E-state index >= 15 is 0 Å². The molecule has 1 fully saturated rings. The standard InChI is InChI=1S/C13H20N6O2/c1-8(2)19-9-10(17(3)13(21)16-11(9)20)15-12(19)18-6-4-14-5-7-18/h8,14H,4-7H2,1-3H3,(H,16,20,21). The largest absolute Gasteiger partial charge is 0.340 e. The highest BCUT2D eigenvalue weighted by Crippen LogP contribution is 2.24. The Morgan fingerprint density at radius 2 is 1.86 bits per heavy atom. The molecule has 1 saturated heterocycles. The number of nitrogens with one attached hydrogen (secondary N) is 2. The van der Waals surface area contributed by atoms with Gasteiger partial charge in [-0.2, -0.15) is 4.98 Å². The van der Waals surface area contributed by atoms with Crippen LogP contribution < -0.4 is 21.5 Å². The highest BCUT2D eigenvalue weighted by atomic mass is 16.2. The average Bonchev–Trinajstić information content (AvgIpc) is 2.87. The van der Waals surface area contributed by atoms with Crippen molar-refractivity contribution in [1.82, 2.24) is 24.4 Å². The number of nitrogens with zero attached hydrogens (tertiary/aromatic N) is 4. The zero-order chi connectivity index (χ0) is 15.1. The number of aryl methyl sites for hydroxylation is 1. The lowest BCUT2D eigenvalue weighted by atomic mass is 10.3. The summed E-state index contributed by atoms with van der Waals surface area (Å²) in [6.45, 7) is 7.46. The smallest absolute Gasteiger partial charge is 0.329 e. The van der Waals surface area contributed by atoms with Gasteiger partial charge in [0.05, 0.1) is 0 Å². The maximum absolute atomic E-state index is 12.2. The molecule has 0 aromatic carbocycles. The molecule has 0 saturated carbocycles. The SMILES string of the molecule is CC(C)n1c(N2CCNCC2)nc2c1c(=O)[nH]c(=O)n2C. The minimum absolute atomic E-state index is 0.0819. The number of fused-ring (bicyclic) bond motifs is 1. The van der Waals surface area contributed by atoms with Crippen molar-refractivity contribution in [3.8, 4) is 0 Å². The molecule has 1 aliphatic heterocycles. The Balaban J connectivity index is 2.31.